The highest BCUT2D eigenvalue weighted by molar-refractivity contribution is 6.25. The van der Waals surface area contributed by atoms with Gasteiger partial charge < -0.3 is 5.32 Å². The number of aliphatic imine (C=N–C) groups is 1. The largest absolute Gasteiger partial charge is 0.359 e. The first-order valence-corrected chi connectivity index (χ1v) is 24.7. The zero-order valence-electron chi connectivity index (χ0n) is 39.5. The highest BCUT2D eigenvalue weighted by Gasteiger charge is 2.26. The van der Waals surface area contributed by atoms with E-state index in [4.69, 9.17) is 9.98 Å². The van der Waals surface area contributed by atoms with Crippen LogP contribution in [0.15, 0.2) is 278 Å². The molecule has 338 valence electrons. The lowest BCUT2D eigenvalue weighted by Crippen LogP contribution is -2.31. The van der Waals surface area contributed by atoms with E-state index in [9.17, 15) is 0 Å². The molecule has 0 aliphatic carbocycles. The molecule has 0 saturated heterocycles. The van der Waals surface area contributed by atoms with Gasteiger partial charge in [-0.25, -0.2) is 9.98 Å². The lowest BCUT2D eigenvalue weighted by molar-refractivity contribution is 0.781. The van der Waals surface area contributed by atoms with E-state index < -0.39 is 0 Å². The van der Waals surface area contributed by atoms with Crippen molar-refractivity contribution in [2.24, 2.45) is 4.99 Å². The molecule has 1 aliphatic rings. The van der Waals surface area contributed by atoms with E-state index in [0.29, 0.717) is 0 Å². The van der Waals surface area contributed by atoms with Crippen LogP contribution in [0.5, 0.6) is 0 Å². The smallest absolute Gasteiger partial charge is 0.134 e. The Labute approximate surface area is 419 Å². The summed E-state index contributed by atoms with van der Waals surface area (Å²) in [4.78, 5) is 11.0. The maximum absolute atomic E-state index is 5.64. The average Bonchev–Trinajstić information content (AvgIpc) is 3.47. The molecule has 1 aliphatic heterocycles. The lowest BCUT2D eigenvalue weighted by Gasteiger charge is -2.25. The number of aromatic nitrogens is 1. The molecule has 72 heavy (non-hydrogen) atoms. The second-order valence-electron chi connectivity index (χ2n) is 18.4. The number of fused-ring (bicyclic) bond motifs is 6. The number of amidine groups is 1. The first kappa shape index (κ1) is 42.6. The number of nitrogens with one attached hydrogen (secondary N) is 1. The minimum Gasteiger partial charge on any atom is -0.359 e. The van der Waals surface area contributed by atoms with Crippen LogP contribution in [-0.2, 0) is 0 Å². The van der Waals surface area contributed by atoms with Crippen molar-refractivity contribution in [3.8, 4) is 67.0 Å². The number of pyridine rings is 1. The van der Waals surface area contributed by atoms with E-state index in [-0.39, 0.29) is 6.04 Å². The van der Waals surface area contributed by atoms with Gasteiger partial charge in [0.15, 0.2) is 0 Å². The van der Waals surface area contributed by atoms with Gasteiger partial charge in [0, 0.05) is 33.4 Å². The van der Waals surface area contributed by atoms with Crippen molar-refractivity contribution in [1.29, 1.82) is 0 Å². The van der Waals surface area contributed by atoms with Crippen LogP contribution >= 0.6 is 0 Å². The first-order valence-electron chi connectivity index (χ1n) is 24.7. The normalized spacial score (nSPS) is 13.4. The molecule has 0 amide bonds. The van der Waals surface area contributed by atoms with E-state index in [0.717, 1.165) is 84.1 Å². The van der Waals surface area contributed by atoms with Gasteiger partial charge in [0.1, 0.15) is 5.84 Å². The summed E-state index contributed by atoms with van der Waals surface area (Å²) in [7, 11) is 0. The fourth-order valence-electron chi connectivity index (χ4n) is 10.7. The Morgan fingerprint density at radius 3 is 1.17 bits per heavy atom. The van der Waals surface area contributed by atoms with Gasteiger partial charge in [0.05, 0.1) is 23.1 Å². The Hall–Kier alpha value is -9.44. The van der Waals surface area contributed by atoms with Crippen LogP contribution in [0.25, 0.3) is 105 Å². The van der Waals surface area contributed by atoms with Gasteiger partial charge in [-0.2, -0.15) is 0 Å². The highest BCUT2D eigenvalue weighted by atomic mass is 15.0. The summed E-state index contributed by atoms with van der Waals surface area (Å²) in [6.07, 6.45) is 2.25. The van der Waals surface area contributed by atoms with Crippen LogP contribution < -0.4 is 5.32 Å². The average molecular weight is 918 g/mol. The van der Waals surface area contributed by atoms with Crippen LogP contribution in [0, 0.1) is 0 Å². The summed E-state index contributed by atoms with van der Waals surface area (Å²) in [5, 5.41) is 11.5. The maximum Gasteiger partial charge on any atom is 0.134 e. The van der Waals surface area contributed by atoms with Gasteiger partial charge in [-0.15, -0.1) is 0 Å². The lowest BCUT2D eigenvalue weighted by atomic mass is 9.83. The third-order valence-electron chi connectivity index (χ3n) is 14.1. The SMILES string of the molecule is C1=C(c2ccc(-c3c(-c4ccccc4)c(-c4ccccc4)nc(-c4ccccc4)c3-c3ccccc3)cc2)N=C(c2ccc(-c3ccc4c5ccccc5c5ccccc5c4c3)cc2)NC1c1ccccc1. The molecule has 0 radical (unpaired) electrons. The third-order valence-corrected chi connectivity index (χ3v) is 14.1. The standard InChI is InChI=1S/C69H47N3/c1-6-20-47(21-7-1)62-45-63(71-69(70-62)54-40-34-46(35-41-54)55-42-43-60-58-32-17-16-30-56(58)57-31-18-19-33-59(57)61(60)44-55)48-36-38-51(39-37-48)64-65(49-22-8-2-9-23-49)67(52-26-12-4-13-27-52)72-68(53-28-14-5-15-29-53)66(64)50-24-10-3-11-25-50/h1-45,62H,(H,70,71). The van der Waals surface area contributed by atoms with Crippen molar-refractivity contribution in [3.05, 3.63) is 290 Å². The Balaban J connectivity index is 0.931. The second-order valence-corrected chi connectivity index (χ2v) is 18.4. The fourth-order valence-corrected chi connectivity index (χ4v) is 10.7. The molecule has 0 spiro atoms. The minimum atomic E-state index is -0.0897. The second kappa shape index (κ2) is 18.5. The Bertz CT molecular complexity index is 3860. The molecule has 12 aromatic rings. The number of nitrogens with zero attached hydrogens (tertiary/aromatic N) is 2. The number of hydrogen-bond donors (Lipinski definition) is 1. The van der Waals surface area contributed by atoms with Gasteiger partial charge in [-0.1, -0.05) is 261 Å². The predicted octanol–water partition coefficient (Wildman–Crippen LogP) is 17.7. The Morgan fingerprint density at radius 1 is 0.278 bits per heavy atom. The fraction of sp³-hybridized carbons (Fsp3) is 0.0145. The summed E-state index contributed by atoms with van der Waals surface area (Å²) in [5.41, 5.74) is 17.1. The van der Waals surface area contributed by atoms with Crippen molar-refractivity contribution in [3.63, 3.8) is 0 Å². The van der Waals surface area contributed by atoms with Crippen molar-refractivity contribution in [2.75, 3.05) is 0 Å². The van der Waals surface area contributed by atoms with Gasteiger partial charge in [-0.05, 0) is 83.4 Å². The molecule has 2 heterocycles. The van der Waals surface area contributed by atoms with Crippen molar-refractivity contribution >= 4 is 43.9 Å². The molecule has 13 rings (SSSR count). The predicted molar refractivity (Wildman–Crippen MR) is 303 cm³/mol. The first-order chi connectivity index (χ1) is 35.7. The van der Waals surface area contributed by atoms with Crippen LogP contribution in [0.4, 0.5) is 0 Å². The van der Waals surface area contributed by atoms with Crippen molar-refractivity contribution < 1.29 is 0 Å². The van der Waals surface area contributed by atoms with Gasteiger partial charge in [-0.3, -0.25) is 0 Å². The molecule has 1 unspecified atom stereocenters. The summed E-state index contributed by atoms with van der Waals surface area (Å²) in [5.74, 6) is 0.833. The third kappa shape index (κ3) is 7.84. The monoisotopic (exact) mass is 917 g/mol. The number of rotatable bonds is 9. The van der Waals surface area contributed by atoms with E-state index in [1.807, 2.05) is 0 Å². The maximum atomic E-state index is 5.64. The van der Waals surface area contributed by atoms with E-state index >= 15 is 0 Å². The molecule has 3 heteroatoms. The summed E-state index contributed by atoms with van der Waals surface area (Å²) < 4.78 is 0. The topological polar surface area (TPSA) is 37.3 Å². The molecule has 1 N–H and O–H groups in total. The zero-order valence-corrected chi connectivity index (χ0v) is 39.5. The molecule has 3 nitrogen and oxygen atoms in total. The van der Waals surface area contributed by atoms with Crippen LogP contribution in [0.1, 0.15) is 22.7 Å². The molecule has 0 bridgehead atoms. The quantitative estimate of drug-likeness (QED) is 0.147. The molecular formula is C69H47N3. The number of benzene rings is 11. The summed E-state index contributed by atoms with van der Waals surface area (Å²) in [6, 6.07) is 95.5. The Morgan fingerprint density at radius 2 is 0.653 bits per heavy atom. The summed E-state index contributed by atoms with van der Waals surface area (Å²) in [6.45, 7) is 0. The zero-order chi connectivity index (χ0) is 47.8. The van der Waals surface area contributed by atoms with E-state index in [2.05, 4.69) is 278 Å². The summed E-state index contributed by atoms with van der Waals surface area (Å²) >= 11 is 0. The van der Waals surface area contributed by atoms with Crippen molar-refractivity contribution in [2.45, 2.75) is 6.04 Å². The van der Waals surface area contributed by atoms with Crippen LogP contribution in [0.3, 0.4) is 0 Å². The highest BCUT2D eigenvalue weighted by Crippen LogP contribution is 2.49. The Kier molecular flexibility index (Phi) is 10.9. The van der Waals surface area contributed by atoms with Crippen LogP contribution in [-0.4, -0.2) is 10.8 Å². The van der Waals surface area contributed by atoms with E-state index in [1.165, 1.54) is 43.4 Å². The van der Waals surface area contributed by atoms with Gasteiger partial charge in [0.25, 0.3) is 0 Å². The van der Waals surface area contributed by atoms with Gasteiger partial charge >= 0.3 is 0 Å². The van der Waals surface area contributed by atoms with Gasteiger partial charge in [0.2, 0.25) is 0 Å². The molecule has 0 fully saturated rings. The van der Waals surface area contributed by atoms with Crippen molar-refractivity contribution in [1.82, 2.24) is 10.3 Å². The minimum absolute atomic E-state index is 0.0897. The number of hydrogen-bond acceptors (Lipinski definition) is 3. The molecule has 11 aromatic carbocycles. The molecule has 1 aromatic heterocycles. The molecular weight excluding hydrogens is 871 g/mol. The van der Waals surface area contributed by atoms with Crippen LogP contribution in [0.2, 0.25) is 0 Å². The van der Waals surface area contributed by atoms with E-state index in [1.54, 1.807) is 0 Å². The molecule has 1 atom stereocenters. The molecule has 0 saturated carbocycles.